The van der Waals surface area contributed by atoms with Crippen molar-refractivity contribution in [2.24, 2.45) is 5.73 Å². The highest BCUT2D eigenvalue weighted by atomic mass is 32.1. The van der Waals surface area contributed by atoms with Gasteiger partial charge in [0.15, 0.2) is 0 Å². The predicted molar refractivity (Wildman–Crippen MR) is 67.4 cm³/mol. The molecule has 3 rings (SSSR count). The van der Waals surface area contributed by atoms with Crippen LogP contribution in [0.25, 0.3) is 10.6 Å². The van der Waals surface area contributed by atoms with Crippen LogP contribution < -0.4 is 5.73 Å². The summed E-state index contributed by atoms with van der Waals surface area (Å²) in [4.78, 5) is 6.01. The molecule has 1 aromatic heterocycles. The third-order valence-electron chi connectivity index (χ3n) is 3.01. The molecule has 1 aromatic carbocycles. The van der Waals surface area contributed by atoms with E-state index in [0.717, 1.165) is 17.8 Å². The van der Waals surface area contributed by atoms with E-state index < -0.39 is 0 Å². The normalized spacial score (nSPS) is 19.4. The van der Waals surface area contributed by atoms with Gasteiger partial charge in [-0.1, -0.05) is 30.3 Å². The molecule has 1 heterocycles. The smallest absolute Gasteiger partial charge is 0.123 e. The summed E-state index contributed by atoms with van der Waals surface area (Å²) in [7, 11) is 0. The SMILES string of the molecule is N[C@@H]1CCCc2nc(-c3ccccc3)sc21. The second-order valence-corrected chi connectivity index (χ2v) is 5.23. The molecule has 0 spiro atoms. The van der Waals surface area contributed by atoms with Crippen LogP contribution in [0.5, 0.6) is 0 Å². The summed E-state index contributed by atoms with van der Waals surface area (Å²) >= 11 is 1.76. The van der Waals surface area contributed by atoms with Gasteiger partial charge in [-0.05, 0) is 19.3 Å². The van der Waals surface area contributed by atoms with Crippen LogP contribution in [-0.2, 0) is 6.42 Å². The first-order chi connectivity index (χ1) is 7.84. The zero-order valence-corrected chi connectivity index (χ0v) is 9.83. The molecule has 0 aliphatic heterocycles. The third-order valence-corrected chi connectivity index (χ3v) is 4.29. The fourth-order valence-corrected chi connectivity index (χ4v) is 3.31. The number of hydrogen-bond donors (Lipinski definition) is 1. The number of nitrogens with zero attached hydrogens (tertiary/aromatic N) is 1. The molecule has 0 saturated carbocycles. The van der Waals surface area contributed by atoms with E-state index in [9.17, 15) is 0 Å². The topological polar surface area (TPSA) is 38.9 Å². The molecule has 2 nitrogen and oxygen atoms in total. The van der Waals surface area contributed by atoms with Gasteiger partial charge in [-0.25, -0.2) is 4.98 Å². The first kappa shape index (κ1) is 10.00. The Balaban J connectivity index is 2.05. The maximum Gasteiger partial charge on any atom is 0.123 e. The lowest BCUT2D eigenvalue weighted by atomic mass is 9.99. The lowest BCUT2D eigenvalue weighted by molar-refractivity contribution is 0.573. The molecule has 0 fully saturated rings. The maximum atomic E-state index is 6.11. The van der Waals surface area contributed by atoms with Crippen molar-refractivity contribution in [2.75, 3.05) is 0 Å². The summed E-state index contributed by atoms with van der Waals surface area (Å²) in [6.45, 7) is 0. The van der Waals surface area contributed by atoms with Crippen molar-refractivity contribution in [3.05, 3.63) is 40.9 Å². The molecule has 0 amide bonds. The number of fused-ring (bicyclic) bond motifs is 1. The van der Waals surface area contributed by atoms with E-state index >= 15 is 0 Å². The van der Waals surface area contributed by atoms with Crippen LogP contribution in [0.3, 0.4) is 0 Å². The highest BCUT2D eigenvalue weighted by molar-refractivity contribution is 7.15. The van der Waals surface area contributed by atoms with Crippen molar-refractivity contribution in [1.82, 2.24) is 4.98 Å². The van der Waals surface area contributed by atoms with E-state index in [-0.39, 0.29) is 6.04 Å². The summed E-state index contributed by atoms with van der Waals surface area (Å²) in [5.74, 6) is 0. The Kier molecular flexibility index (Phi) is 2.50. The summed E-state index contributed by atoms with van der Waals surface area (Å²) in [5, 5.41) is 1.11. The molecule has 82 valence electrons. The lowest BCUT2D eigenvalue weighted by Crippen LogP contribution is -2.15. The first-order valence-corrected chi connectivity index (χ1v) is 6.47. The molecule has 0 radical (unpaired) electrons. The van der Waals surface area contributed by atoms with Gasteiger partial charge in [-0.3, -0.25) is 0 Å². The molecule has 1 atom stereocenters. The van der Waals surface area contributed by atoms with Crippen LogP contribution >= 0.6 is 11.3 Å². The van der Waals surface area contributed by atoms with Crippen molar-refractivity contribution in [2.45, 2.75) is 25.3 Å². The Hall–Kier alpha value is -1.19. The number of aromatic nitrogens is 1. The van der Waals surface area contributed by atoms with E-state index in [1.807, 2.05) is 6.07 Å². The standard InChI is InChI=1S/C13H14N2S/c14-10-7-4-8-11-12(10)16-13(15-11)9-5-2-1-3-6-9/h1-3,5-6,10H,4,7-8,14H2/t10-/m1/s1. The van der Waals surface area contributed by atoms with E-state index in [2.05, 4.69) is 24.3 Å². The average molecular weight is 230 g/mol. The van der Waals surface area contributed by atoms with Gasteiger partial charge >= 0.3 is 0 Å². The van der Waals surface area contributed by atoms with Crippen molar-refractivity contribution < 1.29 is 0 Å². The number of aryl methyl sites for hydroxylation is 1. The van der Waals surface area contributed by atoms with Crippen molar-refractivity contribution in [1.29, 1.82) is 0 Å². The number of hydrogen-bond acceptors (Lipinski definition) is 3. The van der Waals surface area contributed by atoms with Crippen molar-refractivity contribution >= 4 is 11.3 Å². The number of nitrogens with two attached hydrogens (primary N) is 1. The molecule has 1 aliphatic carbocycles. The van der Waals surface area contributed by atoms with Gasteiger partial charge in [0.25, 0.3) is 0 Å². The Bertz CT molecular complexity index is 490. The Labute approximate surface area is 99.1 Å². The average Bonchev–Trinajstić information content (AvgIpc) is 2.76. The highest BCUT2D eigenvalue weighted by Gasteiger charge is 2.21. The summed E-state index contributed by atoms with van der Waals surface area (Å²) in [5.41, 5.74) is 8.54. The molecule has 0 unspecified atom stereocenters. The maximum absolute atomic E-state index is 6.11. The fraction of sp³-hybridized carbons (Fsp3) is 0.308. The van der Waals surface area contributed by atoms with E-state index in [1.165, 1.54) is 22.6 Å². The van der Waals surface area contributed by atoms with Gasteiger partial charge in [-0.2, -0.15) is 0 Å². The molecule has 1 aliphatic rings. The molecule has 3 heteroatoms. The number of thiazole rings is 1. The minimum atomic E-state index is 0.207. The second-order valence-electron chi connectivity index (χ2n) is 4.19. The summed E-state index contributed by atoms with van der Waals surface area (Å²) in [6.07, 6.45) is 3.36. The Morgan fingerprint density at radius 1 is 1.25 bits per heavy atom. The first-order valence-electron chi connectivity index (χ1n) is 5.65. The Morgan fingerprint density at radius 3 is 2.81 bits per heavy atom. The molecule has 0 saturated heterocycles. The summed E-state index contributed by atoms with van der Waals surface area (Å²) in [6, 6.07) is 10.6. The zero-order chi connectivity index (χ0) is 11.0. The number of benzene rings is 1. The van der Waals surface area contributed by atoms with Gasteiger partial charge in [0.2, 0.25) is 0 Å². The third kappa shape index (κ3) is 1.66. The predicted octanol–water partition coefficient (Wildman–Crippen LogP) is 3.15. The van der Waals surface area contributed by atoms with Crippen LogP contribution in [0.1, 0.15) is 29.5 Å². The van der Waals surface area contributed by atoms with Gasteiger partial charge in [0.1, 0.15) is 5.01 Å². The zero-order valence-electron chi connectivity index (χ0n) is 9.02. The highest BCUT2D eigenvalue weighted by Crippen LogP contribution is 2.36. The van der Waals surface area contributed by atoms with Crippen molar-refractivity contribution in [3.63, 3.8) is 0 Å². The molecule has 16 heavy (non-hydrogen) atoms. The van der Waals surface area contributed by atoms with Gasteiger partial charge < -0.3 is 5.73 Å². The van der Waals surface area contributed by atoms with E-state index in [4.69, 9.17) is 10.7 Å². The lowest BCUT2D eigenvalue weighted by Gasteiger charge is -2.15. The van der Waals surface area contributed by atoms with Crippen molar-refractivity contribution in [3.8, 4) is 10.6 Å². The second kappa shape index (κ2) is 4.00. The Morgan fingerprint density at radius 2 is 2.06 bits per heavy atom. The van der Waals surface area contributed by atoms with Gasteiger partial charge in [0, 0.05) is 16.5 Å². The van der Waals surface area contributed by atoms with Gasteiger partial charge in [-0.15, -0.1) is 11.3 Å². The summed E-state index contributed by atoms with van der Waals surface area (Å²) < 4.78 is 0. The molecule has 2 aromatic rings. The minimum Gasteiger partial charge on any atom is -0.323 e. The fourth-order valence-electron chi connectivity index (χ4n) is 2.16. The van der Waals surface area contributed by atoms with Crippen LogP contribution in [-0.4, -0.2) is 4.98 Å². The number of rotatable bonds is 1. The van der Waals surface area contributed by atoms with Crippen LogP contribution in [0.4, 0.5) is 0 Å². The van der Waals surface area contributed by atoms with Crippen LogP contribution in [0, 0.1) is 0 Å². The minimum absolute atomic E-state index is 0.207. The quantitative estimate of drug-likeness (QED) is 0.817. The molecule has 0 bridgehead atoms. The van der Waals surface area contributed by atoms with Crippen LogP contribution in [0.2, 0.25) is 0 Å². The largest absolute Gasteiger partial charge is 0.323 e. The van der Waals surface area contributed by atoms with E-state index in [0.29, 0.717) is 0 Å². The van der Waals surface area contributed by atoms with Gasteiger partial charge in [0.05, 0.1) is 5.69 Å². The molecule has 2 N–H and O–H groups in total. The monoisotopic (exact) mass is 230 g/mol. The molecular formula is C13H14N2S. The molecular weight excluding hydrogens is 216 g/mol. The van der Waals surface area contributed by atoms with Crippen LogP contribution in [0.15, 0.2) is 30.3 Å². The van der Waals surface area contributed by atoms with E-state index in [1.54, 1.807) is 11.3 Å².